The second-order valence-corrected chi connectivity index (χ2v) is 4.99. The lowest BCUT2D eigenvalue weighted by Crippen LogP contribution is -2.31. The van der Waals surface area contributed by atoms with Gasteiger partial charge in [-0.2, -0.15) is 0 Å². The summed E-state index contributed by atoms with van der Waals surface area (Å²) in [6, 6.07) is 1.76. The van der Waals surface area contributed by atoms with E-state index in [1.165, 1.54) is 0 Å². The number of anilines is 2. The number of nitrogens with zero attached hydrogens (tertiary/aromatic N) is 2. The molecule has 0 atom stereocenters. The fraction of sp³-hybridized carbons (Fsp3) is 0.692. The SMILES string of the molecule is CCCC(C)(C)Nc1cc(N)nc(COCC)n1. The minimum atomic E-state index is -0.00156. The number of hydrogen-bond donors (Lipinski definition) is 2. The fourth-order valence-electron chi connectivity index (χ4n) is 1.87. The van der Waals surface area contributed by atoms with Gasteiger partial charge in [-0.1, -0.05) is 13.3 Å². The van der Waals surface area contributed by atoms with Gasteiger partial charge in [-0.25, -0.2) is 9.97 Å². The number of aromatic nitrogens is 2. The maximum atomic E-state index is 5.78. The largest absolute Gasteiger partial charge is 0.384 e. The molecule has 18 heavy (non-hydrogen) atoms. The molecule has 1 aromatic rings. The van der Waals surface area contributed by atoms with E-state index in [9.17, 15) is 0 Å². The maximum absolute atomic E-state index is 5.78. The normalized spacial score (nSPS) is 11.6. The predicted molar refractivity (Wildman–Crippen MR) is 74.4 cm³/mol. The molecule has 0 saturated carbocycles. The molecule has 0 unspecified atom stereocenters. The van der Waals surface area contributed by atoms with Gasteiger partial charge in [0.15, 0.2) is 5.82 Å². The van der Waals surface area contributed by atoms with Crippen molar-refractivity contribution in [1.82, 2.24) is 9.97 Å². The summed E-state index contributed by atoms with van der Waals surface area (Å²) in [6.07, 6.45) is 2.18. The summed E-state index contributed by atoms with van der Waals surface area (Å²) in [5.41, 5.74) is 5.78. The second-order valence-electron chi connectivity index (χ2n) is 4.99. The highest BCUT2D eigenvalue weighted by Crippen LogP contribution is 2.19. The first-order valence-electron chi connectivity index (χ1n) is 6.46. The number of nitrogen functional groups attached to an aromatic ring is 1. The molecule has 0 saturated heterocycles. The molecule has 0 aromatic carbocycles. The third-order valence-electron chi connectivity index (χ3n) is 2.57. The molecule has 0 fully saturated rings. The lowest BCUT2D eigenvalue weighted by Gasteiger charge is -2.26. The van der Waals surface area contributed by atoms with Gasteiger partial charge in [-0.15, -0.1) is 0 Å². The van der Waals surface area contributed by atoms with Gasteiger partial charge in [-0.05, 0) is 27.2 Å². The highest BCUT2D eigenvalue weighted by molar-refractivity contribution is 5.46. The van der Waals surface area contributed by atoms with E-state index in [1.807, 2.05) is 6.92 Å². The van der Waals surface area contributed by atoms with Crippen LogP contribution in [0.3, 0.4) is 0 Å². The summed E-state index contributed by atoms with van der Waals surface area (Å²) >= 11 is 0. The first-order chi connectivity index (χ1) is 8.46. The molecule has 0 aliphatic rings. The number of ether oxygens (including phenoxy) is 1. The van der Waals surface area contributed by atoms with E-state index in [0.717, 1.165) is 18.7 Å². The molecule has 5 heteroatoms. The summed E-state index contributed by atoms with van der Waals surface area (Å²) in [4.78, 5) is 8.56. The van der Waals surface area contributed by atoms with Crippen LogP contribution >= 0.6 is 0 Å². The Kier molecular flexibility index (Phi) is 5.34. The molecular weight excluding hydrogens is 228 g/mol. The Morgan fingerprint density at radius 3 is 2.67 bits per heavy atom. The van der Waals surface area contributed by atoms with Crippen molar-refractivity contribution in [3.05, 3.63) is 11.9 Å². The molecule has 1 rings (SSSR count). The van der Waals surface area contributed by atoms with Crippen LogP contribution in [-0.4, -0.2) is 22.1 Å². The van der Waals surface area contributed by atoms with Crippen LogP contribution in [0, 0.1) is 0 Å². The van der Waals surface area contributed by atoms with Gasteiger partial charge in [0.1, 0.15) is 18.2 Å². The molecule has 1 heterocycles. The molecule has 1 aromatic heterocycles. The van der Waals surface area contributed by atoms with Crippen molar-refractivity contribution in [2.45, 2.75) is 52.7 Å². The summed E-state index contributed by atoms with van der Waals surface area (Å²) in [7, 11) is 0. The molecule has 5 nitrogen and oxygen atoms in total. The molecule has 0 aliphatic heterocycles. The van der Waals surface area contributed by atoms with Crippen LogP contribution in [0.4, 0.5) is 11.6 Å². The summed E-state index contributed by atoms with van der Waals surface area (Å²) in [5.74, 6) is 1.84. The number of nitrogens with one attached hydrogen (secondary N) is 1. The molecular formula is C13H24N4O. The van der Waals surface area contributed by atoms with Crippen LogP contribution in [0.2, 0.25) is 0 Å². The number of rotatable bonds is 7. The molecule has 3 N–H and O–H groups in total. The van der Waals surface area contributed by atoms with Crippen molar-refractivity contribution < 1.29 is 4.74 Å². The zero-order valence-electron chi connectivity index (χ0n) is 11.8. The van der Waals surface area contributed by atoms with E-state index in [4.69, 9.17) is 10.5 Å². The van der Waals surface area contributed by atoms with E-state index >= 15 is 0 Å². The van der Waals surface area contributed by atoms with Crippen molar-refractivity contribution in [2.24, 2.45) is 0 Å². The van der Waals surface area contributed by atoms with Crippen molar-refractivity contribution in [3.63, 3.8) is 0 Å². The summed E-state index contributed by atoms with van der Waals surface area (Å²) in [6.45, 7) is 9.44. The summed E-state index contributed by atoms with van der Waals surface area (Å²) in [5, 5.41) is 3.39. The fourth-order valence-corrected chi connectivity index (χ4v) is 1.87. The average Bonchev–Trinajstić information content (AvgIpc) is 2.24. The zero-order chi connectivity index (χ0) is 13.6. The van der Waals surface area contributed by atoms with Crippen molar-refractivity contribution in [2.75, 3.05) is 17.7 Å². The lowest BCUT2D eigenvalue weighted by molar-refractivity contribution is 0.128. The first kappa shape index (κ1) is 14.7. The predicted octanol–water partition coefficient (Wildman–Crippen LogP) is 2.59. The van der Waals surface area contributed by atoms with Crippen LogP contribution < -0.4 is 11.1 Å². The Labute approximate surface area is 109 Å². The van der Waals surface area contributed by atoms with Crippen molar-refractivity contribution in [3.8, 4) is 0 Å². The third kappa shape index (κ3) is 4.87. The molecule has 0 radical (unpaired) electrons. The highest BCUT2D eigenvalue weighted by atomic mass is 16.5. The van der Waals surface area contributed by atoms with Crippen molar-refractivity contribution >= 4 is 11.6 Å². The topological polar surface area (TPSA) is 73.1 Å². The van der Waals surface area contributed by atoms with E-state index in [0.29, 0.717) is 24.9 Å². The van der Waals surface area contributed by atoms with Crippen LogP contribution in [-0.2, 0) is 11.3 Å². The third-order valence-corrected chi connectivity index (χ3v) is 2.57. The van der Waals surface area contributed by atoms with Gasteiger partial charge in [0.05, 0.1) is 0 Å². The Morgan fingerprint density at radius 1 is 1.33 bits per heavy atom. The van der Waals surface area contributed by atoms with Crippen molar-refractivity contribution in [1.29, 1.82) is 0 Å². The van der Waals surface area contributed by atoms with Crippen LogP contribution in [0.15, 0.2) is 6.07 Å². The van der Waals surface area contributed by atoms with Gasteiger partial charge in [-0.3, -0.25) is 0 Å². The maximum Gasteiger partial charge on any atom is 0.158 e. The minimum Gasteiger partial charge on any atom is -0.384 e. The van der Waals surface area contributed by atoms with Crippen LogP contribution in [0.5, 0.6) is 0 Å². The van der Waals surface area contributed by atoms with E-state index in [1.54, 1.807) is 6.07 Å². The standard InChI is InChI=1S/C13H24N4O/c1-5-7-13(3,4)17-11-8-10(14)15-12(16-11)9-18-6-2/h8H,5-7,9H2,1-4H3,(H3,14,15,16,17). The first-order valence-corrected chi connectivity index (χ1v) is 6.46. The zero-order valence-corrected chi connectivity index (χ0v) is 11.8. The van der Waals surface area contributed by atoms with Gasteiger partial charge < -0.3 is 15.8 Å². The Hall–Kier alpha value is -1.36. The van der Waals surface area contributed by atoms with Gasteiger partial charge >= 0.3 is 0 Å². The quantitative estimate of drug-likeness (QED) is 0.780. The molecule has 102 valence electrons. The Balaban J connectivity index is 2.79. The van der Waals surface area contributed by atoms with E-state index < -0.39 is 0 Å². The Bertz CT molecular complexity index is 379. The monoisotopic (exact) mass is 252 g/mol. The average molecular weight is 252 g/mol. The number of hydrogen-bond acceptors (Lipinski definition) is 5. The van der Waals surface area contributed by atoms with E-state index in [-0.39, 0.29) is 5.54 Å². The number of nitrogens with two attached hydrogens (primary N) is 1. The van der Waals surface area contributed by atoms with Gasteiger partial charge in [0.2, 0.25) is 0 Å². The molecule has 0 amide bonds. The minimum absolute atomic E-state index is 0.00156. The molecule has 0 bridgehead atoms. The van der Waals surface area contributed by atoms with Gasteiger partial charge in [0, 0.05) is 18.2 Å². The lowest BCUT2D eigenvalue weighted by atomic mass is 9.99. The molecule has 0 spiro atoms. The second kappa shape index (κ2) is 6.54. The van der Waals surface area contributed by atoms with Gasteiger partial charge in [0.25, 0.3) is 0 Å². The molecule has 0 aliphatic carbocycles. The van der Waals surface area contributed by atoms with Crippen LogP contribution in [0.25, 0.3) is 0 Å². The van der Waals surface area contributed by atoms with E-state index in [2.05, 4.69) is 36.1 Å². The smallest absolute Gasteiger partial charge is 0.158 e. The van der Waals surface area contributed by atoms with Crippen LogP contribution in [0.1, 0.15) is 46.4 Å². The highest BCUT2D eigenvalue weighted by Gasteiger charge is 2.17. The summed E-state index contributed by atoms with van der Waals surface area (Å²) < 4.78 is 5.30. The Morgan fingerprint density at radius 2 is 2.06 bits per heavy atom.